The Labute approximate surface area is 184 Å². The van der Waals surface area contributed by atoms with Crippen molar-refractivity contribution in [1.82, 2.24) is 9.97 Å². The number of carboxylic acid groups (broad SMARTS) is 1. The summed E-state index contributed by atoms with van der Waals surface area (Å²) in [4.78, 5) is 19.0. The molecular weight excluding hydrogens is 443 g/mol. The number of benzene rings is 3. The number of aromatic carboxylic acids is 1. The maximum Gasteiger partial charge on any atom is 0.433 e. The van der Waals surface area contributed by atoms with Crippen LogP contribution in [-0.4, -0.2) is 21.0 Å². The van der Waals surface area contributed by atoms with Crippen LogP contribution in [0.4, 0.5) is 22.0 Å². The molecule has 0 saturated carbocycles. The second-order valence-corrected chi connectivity index (χ2v) is 7.02. The molecule has 3 aromatic carbocycles. The van der Waals surface area contributed by atoms with Gasteiger partial charge in [-0.05, 0) is 47.5 Å². The highest BCUT2D eigenvalue weighted by molar-refractivity contribution is 5.90. The summed E-state index contributed by atoms with van der Waals surface area (Å²) in [7, 11) is 0. The van der Waals surface area contributed by atoms with Crippen molar-refractivity contribution in [1.29, 1.82) is 0 Å². The van der Waals surface area contributed by atoms with Gasteiger partial charge in [0.05, 0.1) is 11.3 Å². The van der Waals surface area contributed by atoms with Gasteiger partial charge in [-0.3, -0.25) is 0 Å². The van der Waals surface area contributed by atoms with Crippen LogP contribution >= 0.6 is 0 Å². The molecule has 0 saturated heterocycles. The van der Waals surface area contributed by atoms with E-state index in [1.807, 2.05) is 0 Å². The normalized spacial score (nSPS) is 11.4. The van der Waals surface area contributed by atoms with E-state index in [2.05, 4.69) is 9.97 Å². The fourth-order valence-corrected chi connectivity index (χ4v) is 3.24. The lowest BCUT2D eigenvalue weighted by atomic mass is 10.0. The summed E-state index contributed by atoms with van der Waals surface area (Å²) in [6, 6.07) is 15.4. The molecule has 0 aliphatic rings. The molecule has 166 valence electrons. The molecule has 0 radical (unpaired) electrons. The Morgan fingerprint density at radius 2 is 1.45 bits per heavy atom. The van der Waals surface area contributed by atoms with Crippen LogP contribution in [0.5, 0.6) is 0 Å². The number of carboxylic acids is 1. The zero-order valence-corrected chi connectivity index (χ0v) is 16.6. The summed E-state index contributed by atoms with van der Waals surface area (Å²) in [5, 5.41) is 9.14. The smallest absolute Gasteiger partial charge is 0.433 e. The number of carbonyl (C=O) groups is 1. The quantitative estimate of drug-likeness (QED) is 0.358. The van der Waals surface area contributed by atoms with Crippen LogP contribution in [0.15, 0.2) is 72.8 Å². The van der Waals surface area contributed by atoms with Crippen molar-refractivity contribution >= 4 is 5.97 Å². The first-order chi connectivity index (χ1) is 15.6. The fraction of sp³-hybridized carbons (Fsp3) is 0.0417. The first kappa shape index (κ1) is 22.1. The van der Waals surface area contributed by atoms with Crippen molar-refractivity contribution in [3.63, 3.8) is 0 Å². The second-order valence-electron chi connectivity index (χ2n) is 7.02. The lowest BCUT2D eigenvalue weighted by Gasteiger charge is -2.12. The lowest BCUT2D eigenvalue weighted by molar-refractivity contribution is -0.141. The van der Waals surface area contributed by atoms with Crippen molar-refractivity contribution in [2.24, 2.45) is 0 Å². The number of alkyl halides is 3. The Kier molecular flexibility index (Phi) is 5.63. The predicted octanol–water partition coefficient (Wildman–Crippen LogP) is 6.47. The van der Waals surface area contributed by atoms with Gasteiger partial charge >= 0.3 is 12.1 Å². The van der Waals surface area contributed by atoms with E-state index in [1.54, 1.807) is 6.07 Å². The number of rotatable bonds is 4. The van der Waals surface area contributed by atoms with E-state index in [9.17, 15) is 26.7 Å². The Morgan fingerprint density at radius 1 is 0.758 bits per heavy atom. The van der Waals surface area contributed by atoms with E-state index in [4.69, 9.17) is 5.11 Å². The Bertz CT molecular complexity index is 1370. The molecule has 4 aromatic rings. The van der Waals surface area contributed by atoms with E-state index in [-0.39, 0.29) is 22.6 Å². The summed E-state index contributed by atoms with van der Waals surface area (Å²) in [5.74, 6) is -3.42. The molecule has 0 spiro atoms. The van der Waals surface area contributed by atoms with Gasteiger partial charge in [-0.25, -0.2) is 23.5 Å². The van der Waals surface area contributed by atoms with Crippen molar-refractivity contribution < 1.29 is 31.9 Å². The largest absolute Gasteiger partial charge is 0.478 e. The van der Waals surface area contributed by atoms with E-state index in [0.717, 1.165) is 18.2 Å². The highest BCUT2D eigenvalue weighted by Gasteiger charge is 2.34. The number of hydrogen-bond donors (Lipinski definition) is 1. The third-order valence-corrected chi connectivity index (χ3v) is 4.82. The molecule has 0 unspecified atom stereocenters. The van der Waals surface area contributed by atoms with Crippen LogP contribution in [0.2, 0.25) is 0 Å². The molecule has 33 heavy (non-hydrogen) atoms. The molecule has 0 aliphatic heterocycles. The molecule has 1 heterocycles. The highest BCUT2D eigenvalue weighted by Crippen LogP contribution is 2.34. The minimum Gasteiger partial charge on any atom is -0.478 e. The van der Waals surface area contributed by atoms with Gasteiger partial charge in [0, 0.05) is 11.1 Å². The van der Waals surface area contributed by atoms with Crippen molar-refractivity contribution in [3.8, 4) is 33.8 Å². The SMILES string of the molecule is O=C(O)c1cc(-c2cccc(-c3nc(-c4ccccc4F)cc(C(F)(F)F)n3)c2)ccc1F. The monoisotopic (exact) mass is 456 g/mol. The summed E-state index contributed by atoms with van der Waals surface area (Å²) in [6.07, 6.45) is -4.80. The molecule has 0 atom stereocenters. The molecule has 0 aliphatic carbocycles. The summed E-state index contributed by atoms with van der Waals surface area (Å²) in [6.45, 7) is 0. The van der Waals surface area contributed by atoms with Crippen molar-refractivity contribution in [3.05, 3.63) is 95.7 Å². The molecule has 4 nitrogen and oxygen atoms in total. The summed E-state index contributed by atoms with van der Waals surface area (Å²) >= 11 is 0. The molecule has 4 rings (SSSR count). The Morgan fingerprint density at radius 3 is 2.15 bits per heavy atom. The van der Waals surface area contributed by atoms with Gasteiger partial charge in [-0.2, -0.15) is 13.2 Å². The third-order valence-electron chi connectivity index (χ3n) is 4.82. The van der Waals surface area contributed by atoms with E-state index in [1.165, 1.54) is 42.5 Å². The van der Waals surface area contributed by atoms with Gasteiger partial charge in [0.25, 0.3) is 0 Å². The number of halogens is 5. The Hall–Kier alpha value is -4.14. The molecule has 0 amide bonds. The van der Waals surface area contributed by atoms with Crippen LogP contribution in [0.25, 0.3) is 33.8 Å². The molecule has 1 aromatic heterocycles. The maximum atomic E-state index is 14.2. The first-order valence-corrected chi connectivity index (χ1v) is 9.48. The third kappa shape index (κ3) is 4.57. The Balaban J connectivity index is 1.86. The minimum atomic E-state index is -4.80. The zero-order valence-electron chi connectivity index (χ0n) is 16.6. The number of nitrogens with zero attached hydrogens (tertiary/aromatic N) is 2. The number of aromatic nitrogens is 2. The standard InChI is InChI=1S/C24H13F5N2O2/c25-18-7-2-1-6-16(18)20-12-21(24(27,28)29)31-22(30-20)15-5-3-4-13(10-15)14-8-9-19(26)17(11-14)23(32)33/h1-12H,(H,32,33). The van der Waals surface area contributed by atoms with Gasteiger partial charge in [-0.1, -0.05) is 36.4 Å². The lowest BCUT2D eigenvalue weighted by Crippen LogP contribution is -2.10. The van der Waals surface area contributed by atoms with Gasteiger partial charge in [0.15, 0.2) is 5.82 Å². The topological polar surface area (TPSA) is 63.1 Å². The van der Waals surface area contributed by atoms with E-state index >= 15 is 0 Å². The molecule has 9 heteroatoms. The van der Waals surface area contributed by atoms with Gasteiger partial charge < -0.3 is 5.11 Å². The van der Waals surface area contributed by atoms with E-state index in [0.29, 0.717) is 17.2 Å². The van der Waals surface area contributed by atoms with Crippen LogP contribution in [-0.2, 0) is 6.18 Å². The van der Waals surface area contributed by atoms with Crippen molar-refractivity contribution in [2.45, 2.75) is 6.18 Å². The zero-order chi connectivity index (χ0) is 23.8. The summed E-state index contributed by atoms with van der Waals surface area (Å²) in [5.41, 5.74) is -1.24. The van der Waals surface area contributed by atoms with Gasteiger partial charge in [0.1, 0.15) is 17.3 Å². The minimum absolute atomic E-state index is 0.118. The molecule has 1 N–H and O–H groups in total. The predicted molar refractivity (Wildman–Crippen MR) is 110 cm³/mol. The first-order valence-electron chi connectivity index (χ1n) is 9.48. The molecule has 0 bridgehead atoms. The number of hydrogen-bond acceptors (Lipinski definition) is 3. The average Bonchev–Trinajstić information content (AvgIpc) is 2.79. The van der Waals surface area contributed by atoms with Crippen LogP contribution in [0.1, 0.15) is 16.1 Å². The van der Waals surface area contributed by atoms with Crippen LogP contribution in [0.3, 0.4) is 0 Å². The van der Waals surface area contributed by atoms with Gasteiger partial charge in [0.2, 0.25) is 0 Å². The average molecular weight is 456 g/mol. The van der Waals surface area contributed by atoms with Crippen molar-refractivity contribution in [2.75, 3.05) is 0 Å². The van der Waals surface area contributed by atoms with Crippen LogP contribution < -0.4 is 0 Å². The maximum absolute atomic E-state index is 14.2. The summed E-state index contributed by atoms with van der Waals surface area (Å²) < 4.78 is 68.5. The van der Waals surface area contributed by atoms with Crippen LogP contribution in [0, 0.1) is 11.6 Å². The fourth-order valence-electron chi connectivity index (χ4n) is 3.24. The second kappa shape index (κ2) is 8.42. The highest BCUT2D eigenvalue weighted by atomic mass is 19.4. The molecule has 0 fully saturated rings. The van der Waals surface area contributed by atoms with Gasteiger partial charge in [-0.15, -0.1) is 0 Å². The molecular formula is C24H13F5N2O2. The van der Waals surface area contributed by atoms with E-state index < -0.39 is 35.0 Å².